The van der Waals surface area contributed by atoms with Crippen LogP contribution in [0.3, 0.4) is 0 Å². The molecule has 10 heavy (non-hydrogen) atoms. The second-order valence-electron chi connectivity index (χ2n) is 1.81. The molecule has 0 unspecified atom stereocenters. The summed E-state index contributed by atoms with van der Waals surface area (Å²) in [5.74, 6) is 0. The van der Waals surface area contributed by atoms with Gasteiger partial charge in [0.15, 0.2) is 0 Å². The van der Waals surface area contributed by atoms with Crippen molar-refractivity contribution >= 4 is 11.0 Å². The van der Waals surface area contributed by atoms with E-state index in [0.717, 1.165) is 11.0 Å². The van der Waals surface area contributed by atoms with Crippen molar-refractivity contribution in [1.82, 2.24) is 15.4 Å². The molecule has 0 bridgehead atoms. The Balaban J connectivity index is 0.000000500. The Morgan fingerprint density at radius 1 is 1.00 bits per heavy atom. The molecule has 0 amide bonds. The molecule has 0 aliphatic carbocycles. The number of nitrogens with one attached hydrogen (secondary N) is 1. The molecule has 0 spiro atoms. The topological polar surface area (TPSA) is 41.6 Å². The standard InChI is InChI=1S/C6H5N3.Er/c1-2-4-6-5(3-1)7-9-8-6;/h1-4H,(H,7,8,9);. The summed E-state index contributed by atoms with van der Waals surface area (Å²) >= 11 is 0. The van der Waals surface area contributed by atoms with Gasteiger partial charge >= 0.3 is 0 Å². The molecule has 0 saturated carbocycles. The predicted molar refractivity (Wildman–Crippen MR) is 33.9 cm³/mol. The molecule has 56 valence electrons. The van der Waals surface area contributed by atoms with E-state index in [1.807, 2.05) is 24.3 Å². The largest absolute Gasteiger partial charge is 0.197 e. The van der Waals surface area contributed by atoms with Crippen LogP contribution in [0.15, 0.2) is 24.3 Å². The van der Waals surface area contributed by atoms with Gasteiger partial charge in [-0.25, -0.2) is 0 Å². The molecule has 0 aliphatic rings. The Bertz CT molecular complexity index is 287. The smallest absolute Gasteiger partial charge is 0.112 e. The third-order valence-corrected chi connectivity index (χ3v) is 1.22. The van der Waals surface area contributed by atoms with Crippen molar-refractivity contribution in [2.45, 2.75) is 0 Å². The summed E-state index contributed by atoms with van der Waals surface area (Å²) in [6.07, 6.45) is 0. The minimum Gasteiger partial charge on any atom is -0.197 e. The fraction of sp³-hybridized carbons (Fsp3) is 0. The summed E-state index contributed by atoms with van der Waals surface area (Å²) in [5, 5.41) is 10.3. The first-order chi connectivity index (χ1) is 4.47. The first-order valence-corrected chi connectivity index (χ1v) is 2.72. The van der Waals surface area contributed by atoms with E-state index >= 15 is 0 Å². The van der Waals surface area contributed by atoms with Crippen molar-refractivity contribution in [3.63, 3.8) is 0 Å². The molecule has 1 N–H and O–H groups in total. The molecule has 2 rings (SSSR count). The van der Waals surface area contributed by atoms with Crippen molar-refractivity contribution in [3.8, 4) is 0 Å². The molecule has 0 atom stereocenters. The summed E-state index contributed by atoms with van der Waals surface area (Å²) in [5.41, 5.74) is 1.83. The maximum Gasteiger partial charge on any atom is 0.112 e. The van der Waals surface area contributed by atoms with E-state index in [1.54, 1.807) is 0 Å². The van der Waals surface area contributed by atoms with Crippen LogP contribution in [0.4, 0.5) is 0 Å². The van der Waals surface area contributed by atoms with Gasteiger partial charge in [0.2, 0.25) is 0 Å². The van der Waals surface area contributed by atoms with Gasteiger partial charge in [-0.05, 0) is 12.1 Å². The molecule has 1 aromatic carbocycles. The monoisotopic (exact) mass is 285 g/mol. The Labute approximate surface area is 87.4 Å². The second kappa shape index (κ2) is 3.31. The number of hydrogen-bond acceptors (Lipinski definition) is 2. The van der Waals surface area contributed by atoms with Crippen molar-refractivity contribution < 1.29 is 37.3 Å². The van der Waals surface area contributed by atoms with E-state index in [0.29, 0.717) is 0 Å². The fourth-order valence-corrected chi connectivity index (χ4v) is 0.786. The van der Waals surface area contributed by atoms with E-state index in [1.165, 1.54) is 0 Å². The summed E-state index contributed by atoms with van der Waals surface area (Å²) in [4.78, 5) is 0. The van der Waals surface area contributed by atoms with Gasteiger partial charge in [0.1, 0.15) is 11.0 Å². The molecular weight excluding hydrogens is 281 g/mol. The average molecular weight is 286 g/mol. The Hall–Kier alpha value is -0.133. The number of nitrogens with zero attached hydrogens (tertiary/aromatic N) is 2. The van der Waals surface area contributed by atoms with Gasteiger partial charge in [-0.2, -0.15) is 15.4 Å². The van der Waals surface area contributed by atoms with Crippen LogP contribution in [0.5, 0.6) is 0 Å². The second-order valence-corrected chi connectivity index (χ2v) is 1.81. The SMILES string of the molecule is [Er].c1ccc2n[nH]nc2c1. The predicted octanol–water partition coefficient (Wildman–Crippen LogP) is 0.958. The molecule has 0 radical (unpaired) electrons. The summed E-state index contributed by atoms with van der Waals surface area (Å²) in [6.45, 7) is 0. The first-order valence-electron chi connectivity index (χ1n) is 2.72. The molecule has 1 aromatic heterocycles. The minimum absolute atomic E-state index is 0. The third-order valence-electron chi connectivity index (χ3n) is 1.22. The van der Waals surface area contributed by atoms with E-state index in [-0.39, 0.29) is 37.3 Å². The van der Waals surface area contributed by atoms with Crippen molar-refractivity contribution in [1.29, 1.82) is 0 Å². The Morgan fingerprint density at radius 3 is 2.00 bits per heavy atom. The number of H-pyrrole nitrogens is 1. The van der Waals surface area contributed by atoms with Gasteiger partial charge < -0.3 is 0 Å². The van der Waals surface area contributed by atoms with Crippen LogP contribution in [0.2, 0.25) is 0 Å². The van der Waals surface area contributed by atoms with Gasteiger partial charge in [-0.15, -0.1) is 0 Å². The first kappa shape index (κ1) is 7.97. The average Bonchev–Trinajstić information content (AvgIpc) is 2.33. The Kier molecular flexibility index (Phi) is 2.64. The van der Waals surface area contributed by atoms with E-state index in [2.05, 4.69) is 15.4 Å². The van der Waals surface area contributed by atoms with Gasteiger partial charge in [0.25, 0.3) is 0 Å². The number of hydrogen-bond donors (Lipinski definition) is 1. The molecule has 0 fully saturated rings. The number of para-hydroxylation sites is 2. The zero-order chi connectivity index (χ0) is 6.10. The molecule has 0 aliphatic heterocycles. The Morgan fingerprint density at radius 2 is 1.50 bits per heavy atom. The molecule has 0 saturated heterocycles. The van der Waals surface area contributed by atoms with Crippen LogP contribution >= 0.6 is 0 Å². The number of aromatic amines is 1. The number of benzene rings is 1. The van der Waals surface area contributed by atoms with Crippen LogP contribution in [0.25, 0.3) is 11.0 Å². The molecular formula is C6H5ErN3. The number of rotatable bonds is 0. The zero-order valence-electron chi connectivity index (χ0n) is 4.99. The summed E-state index contributed by atoms with van der Waals surface area (Å²) in [6, 6.07) is 7.70. The molecule has 1 heterocycles. The van der Waals surface area contributed by atoms with Crippen LogP contribution in [-0.2, 0) is 0 Å². The van der Waals surface area contributed by atoms with Gasteiger partial charge in [-0.3, -0.25) is 0 Å². The van der Waals surface area contributed by atoms with E-state index in [4.69, 9.17) is 0 Å². The van der Waals surface area contributed by atoms with E-state index < -0.39 is 0 Å². The number of aromatic nitrogens is 3. The quantitative estimate of drug-likeness (QED) is 0.784. The third kappa shape index (κ3) is 1.30. The van der Waals surface area contributed by atoms with Gasteiger partial charge in [-0.1, -0.05) is 12.1 Å². The van der Waals surface area contributed by atoms with Crippen LogP contribution in [-0.4, -0.2) is 15.4 Å². The number of fused-ring (bicyclic) bond motifs is 1. The van der Waals surface area contributed by atoms with Crippen molar-refractivity contribution in [3.05, 3.63) is 24.3 Å². The summed E-state index contributed by atoms with van der Waals surface area (Å²) < 4.78 is 0. The summed E-state index contributed by atoms with van der Waals surface area (Å²) in [7, 11) is 0. The molecule has 4 heteroatoms. The zero-order valence-corrected chi connectivity index (χ0v) is 6.84. The molecule has 3 nitrogen and oxygen atoms in total. The molecule has 2 aromatic rings. The van der Waals surface area contributed by atoms with Gasteiger partial charge in [0, 0.05) is 37.3 Å². The van der Waals surface area contributed by atoms with E-state index in [9.17, 15) is 0 Å². The minimum atomic E-state index is 0. The van der Waals surface area contributed by atoms with Crippen LogP contribution in [0, 0.1) is 37.3 Å². The normalized spacial score (nSPS) is 9.20. The van der Waals surface area contributed by atoms with Crippen LogP contribution in [0.1, 0.15) is 0 Å². The van der Waals surface area contributed by atoms with Crippen LogP contribution < -0.4 is 0 Å². The maximum atomic E-state index is 3.88. The van der Waals surface area contributed by atoms with Crippen molar-refractivity contribution in [2.75, 3.05) is 0 Å². The maximum absolute atomic E-state index is 3.88. The van der Waals surface area contributed by atoms with Gasteiger partial charge in [0.05, 0.1) is 0 Å². The van der Waals surface area contributed by atoms with Crippen molar-refractivity contribution in [2.24, 2.45) is 0 Å². The fourth-order valence-electron chi connectivity index (χ4n) is 0.786.